The van der Waals surface area contributed by atoms with Crippen molar-refractivity contribution in [2.75, 3.05) is 18.5 Å². The Bertz CT molecular complexity index is 1120. The molecule has 1 saturated carbocycles. The van der Waals surface area contributed by atoms with Crippen LogP contribution in [0.1, 0.15) is 75.3 Å². The second kappa shape index (κ2) is 14.8. The molecule has 0 saturated heterocycles. The van der Waals surface area contributed by atoms with Crippen LogP contribution in [0.3, 0.4) is 0 Å². The van der Waals surface area contributed by atoms with E-state index >= 15 is 0 Å². The van der Waals surface area contributed by atoms with Crippen molar-refractivity contribution in [1.82, 2.24) is 10.4 Å². The average Bonchev–Trinajstić information content (AvgIpc) is 3.47. The summed E-state index contributed by atoms with van der Waals surface area (Å²) in [5.74, 6) is 0.559. The Kier molecular flexibility index (Phi) is 12.2. The van der Waals surface area contributed by atoms with Crippen LogP contribution in [-0.4, -0.2) is 29.6 Å². The Hall–Kier alpha value is -2.96. The van der Waals surface area contributed by atoms with Crippen molar-refractivity contribution in [1.29, 1.82) is 5.26 Å². The van der Waals surface area contributed by atoms with Gasteiger partial charge in [0.15, 0.2) is 0 Å². The first-order valence-corrected chi connectivity index (χ1v) is 13.0. The molecule has 1 aromatic carbocycles. The lowest BCUT2D eigenvalue weighted by Gasteiger charge is -2.21. The fraction of sp³-hybridized carbons (Fsp3) is 0.517. The molecule has 0 amide bonds. The molecule has 3 rings (SSSR count). The van der Waals surface area contributed by atoms with Crippen LogP contribution in [0.25, 0.3) is 11.1 Å². The Labute approximate surface area is 223 Å². The number of nitrogens with one attached hydrogen (secondary N) is 1. The number of hydrazine groups is 1. The van der Waals surface area contributed by atoms with Crippen LogP contribution in [0.2, 0.25) is 0 Å². The van der Waals surface area contributed by atoms with Crippen LogP contribution in [0, 0.1) is 48.6 Å². The molecule has 0 radical (unpaired) electrons. The van der Waals surface area contributed by atoms with Crippen LogP contribution < -0.4 is 10.6 Å². The molecule has 1 aliphatic carbocycles. The summed E-state index contributed by atoms with van der Waals surface area (Å²) >= 11 is 0. The predicted octanol–water partition coefficient (Wildman–Crippen LogP) is 7.66. The smallest absolute Gasteiger partial charge is 0.137 e. The molecule has 0 spiro atoms. The molecule has 38 heavy (non-hydrogen) atoms. The van der Waals surface area contributed by atoms with Crippen molar-refractivity contribution in [3.63, 3.8) is 0 Å². The molecule has 0 aliphatic heterocycles. The summed E-state index contributed by atoms with van der Waals surface area (Å²) < 4.78 is 53.5. The summed E-state index contributed by atoms with van der Waals surface area (Å²) in [5, 5.41) is 19.9. The number of pyridine rings is 1. The molecule has 9 heteroatoms. The number of nitrogens with zero attached hydrogens (tertiary/aromatic N) is 3. The highest BCUT2D eigenvalue weighted by molar-refractivity contribution is 5.97. The topological polar surface area (TPSA) is 72.2 Å². The second-order valence-electron chi connectivity index (χ2n) is 9.88. The van der Waals surface area contributed by atoms with Gasteiger partial charge in [-0.15, -0.1) is 0 Å². The molecule has 1 heterocycles. The minimum Gasteiger partial charge on any atom is -0.273 e. The second-order valence-corrected chi connectivity index (χ2v) is 9.88. The zero-order valence-electron chi connectivity index (χ0n) is 22.8. The first-order chi connectivity index (χ1) is 18.1. The monoisotopic (exact) mass is 534 g/mol. The van der Waals surface area contributed by atoms with Crippen molar-refractivity contribution < 1.29 is 22.8 Å². The van der Waals surface area contributed by atoms with Gasteiger partial charge in [-0.05, 0) is 61.9 Å². The van der Waals surface area contributed by atoms with Gasteiger partial charge < -0.3 is 0 Å². The van der Waals surface area contributed by atoms with Crippen molar-refractivity contribution in [3.05, 3.63) is 58.4 Å². The van der Waals surface area contributed by atoms with E-state index in [0.29, 0.717) is 16.4 Å². The normalized spacial score (nSPS) is 15.0. The van der Waals surface area contributed by atoms with Crippen molar-refractivity contribution in [2.45, 2.75) is 72.8 Å². The number of nitriles is 1. The first-order valence-electron chi connectivity index (χ1n) is 13.0. The molecule has 2 aromatic rings. The summed E-state index contributed by atoms with van der Waals surface area (Å²) in [6.07, 6.45) is 8.60. The molecule has 0 bridgehead atoms. The highest BCUT2D eigenvalue weighted by Crippen LogP contribution is 2.33. The first kappa shape index (κ1) is 31.3. The third-order valence-electron chi connectivity index (χ3n) is 7.28. The number of anilines is 1. The lowest BCUT2D eigenvalue weighted by molar-refractivity contribution is 0.169. The molecule has 1 fully saturated rings. The van der Waals surface area contributed by atoms with E-state index in [1.54, 1.807) is 6.92 Å². The molecule has 208 valence electrons. The van der Waals surface area contributed by atoms with Crippen molar-refractivity contribution >= 4 is 16.8 Å². The van der Waals surface area contributed by atoms with Gasteiger partial charge in [0.25, 0.3) is 0 Å². The SMILES string of the molecule is C/C(=C(/C#N)c1c(C)cc(F)c(C)c1F)c1ccc(N(O)NC(CF)CF)cn1.CCC(C)C1CCCC1. The van der Waals surface area contributed by atoms with Gasteiger partial charge in [-0.2, -0.15) is 10.4 Å². The highest BCUT2D eigenvalue weighted by atomic mass is 19.1. The van der Waals surface area contributed by atoms with Crippen LogP contribution in [-0.2, 0) is 0 Å². The quantitative estimate of drug-likeness (QED) is 0.196. The van der Waals surface area contributed by atoms with Crippen LogP contribution in [0.5, 0.6) is 0 Å². The van der Waals surface area contributed by atoms with E-state index in [9.17, 15) is 28.0 Å². The molecule has 1 unspecified atom stereocenters. The standard InChI is InChI=1S/C20H20F4N4O.C9H18/c1-11-6-17(23)13(3)20(24)19(11)16(9-25)12(2)18-5-4-15(10-26-18)28(29)27-14(7-21)8-22;1-3-8(2)9-6-4-5-7-9/h4-6,10,14,27,29H,7-8H2,1-3H3;8-9H,3-7H2,1-2H3/b16-12+;. The fourth-order valence-electron chi connectivity index (χ4n) is 4.55. The van der Waals surface area contributed by atoms with E-state index in [1.807, 2.05) is 6.07 Å². The van der Waals surface area contributed by atoms with Gasteiger partial charge in [0.05, 0.1) is 23.5 Å². The Morgan fingerprint density at radius 1 is 1.21 bits per heavy atom. The van der Waals surface area contributed by atoms with Gasteiger partial charge in [-0.3, -0.25) is 10.2 Å². The minimum atomic E-state index is -1.21. The van der Waals surface area contributed by atoms with Gasteiger partial charge >= 0.3 is 0 Å². The van der Waals surface area contributed by atoms with Gasteiger partial charge in [0.2, 0.25) is 0 Å². The van der Waals surface area contributed by atoms with E-state index < -0.39 is 31.0 Å². The molecule has 2 N–H and O–H groups in total. The van der Waals surface area contributed by atoms with E-state index in [2.05, 4.69) is 24.3 Å². The van der Waals surface area contributed by atoms with E-state index in [4.69, 9.17) is 0 Å². The molecule has 5 nitrogen and oxygen atoms in total. The highest BCUT2D eigenvalue weighted by Gasteiger charge is 2.21. The molecular weight excluding hydrogens is 496 g/mol. The van der Waals surface area contributed by atoms with Crippen LogP contribution >= 0.6 is 0 Å². The molecular formula is C29H38F4N4O. The number of aromatic nitrogens is 1. The fourth-order valence-corrected chi connectivity index (χ4v) is 4.55. The van der Waals surface area contributed by atoms with Gasteiger partial charge in [-0.25, -0.2) is 23.0 Å². The number of aryl methyl sites for hydroxylation is 1. The lowest BCUT2D eigenvalue weighted by atomic mass is 9.91. The average molecular weight is 535 g/mol. The van der Waals surface area contributed by atoms with Crippen molar-refractivity contribution in [3.8, 4) is 6.07 Å². The molecule has 1 aromatic heterocycles. The zero-order valence-corrected chi connectivity index (χ0v) is 22.8. The lowest BCUT2D eigenvalue weighted by Crippen LogP contribution is -2.45. The summed E-state index contributed by atoms with van der Waals surface area (Å²) in [7, 11) is 0. The van der Waals surface area contributed by atoms with Crippen molar-refractivity contribution in [2.24, 2.45) is 11.8 Å². The van der Waals surface area contributed by atoms with E-state index in [1.165, 1.54) is 64.3 Å². The number of benzene rings is 1. The summed E-state index contributed by atoms with van der Waals surface area (Å²) in [6.45, 7) is 7.02. The summed E-state index contributed by atoms with van der Waals surface area (Å²) in [5.41, 5.74) is 3.05. The Morgan fingerprint density at radius 2 is 1.84 bits per heavy atom. The summed E-state index contributed by atoms with van der Waals surface area (Å²) in [4.78, 5) is 4.12. The third-order valence-corrected chi connectivity index (χ3v) is 7.28. The number of rotatable bonds is 9. The minimum absolute atomic E-state index is 0.00254. The van der Waals surface area contributed by atoms with E-state index in [0.717, 1.165) is 17.9 Å². The number of hydrogen-bond acceptors (Lipinski definition) is 5. The van der Waals surface area contributed by atoms with Gasteiger partial charge in [0, 0.05) is 11.1 Å². The zero-order chi connectivity index (χ0) is 28.4. The van der Waals surface area contributed by atoms with Gasteiger partial charge in [-0.1, -0.05) is 46.0 Å². The van der Waals surface area contributed by atoms with Gasteiger partial charge in [0.1, 0.15) is 36.7 Å². The maximum atomic E-state index is 14.6. The molecule has 1 atom stereocenters. The largest absolute Gasteiger partial charge is 0.273 e. The number of halogens is 4. The number of hydrogen-bond donors (Lipinski definition) is 2. The van der Waals surface area contributed by atoms with Crippen LogP contribution in [0.15, 0.2) is 24.4 Å². The Balaban J connectivity index is 0.000000474. The number of allylic oxidation sites excluding steroid dienone is 2. The maximum absolute atomic E-state index is 14.6. The Morgan fingerprint density at radius 3 is 2.34 bits per heavy atom. The summed E-state index contributed by atoms with van der Waals surface area (Å²) in [6, 6.07) is 4.76. The van der Waals surface area contributed by atoms with Crippen LogP contribution in [0.4, 0.5) is 23.2 Å². The molecule has 1 aliphatic rings. The maximum Gasteiger partial charge on any atom is 0.137 e. The predicted molar refractivity (Wildman–Crippen MR) is 143 cm³/mol. The van der Waals surface area contributed by atoms with E-state index in [-0.39, 0.29) is 28.0 Å². The third kappa shape index (κ3) is 7.78. The number of alkyl halides is 2.